The Morgan fingerprint density at radius 1 is 1.23 bits per heavy atom. The van der Waals surface area contributed by atoms with E-state index in [4.69, 9.17) is 4.52 Å². The molecule has 0 saturated heterocycles. The number of nitrogens with zero attached hydrogens (tertiary/aromatic N) is 4. The van der Waals surface area contributed by atoms with E-state index in [0.717, 1.165) is 11.4 Å². The van der Waals surface area contributed by atoms with Crippen LogP contribution >= 0.6 is 0 Å². The topological polar surface area (TPSA) is 55.1 Å². The first kappa shape index (κ1) is 14.9. The molecule has 5 nitrogen and oxygen atoms in total. The third kappa shape index (κ3) is 3.08. The van der Waals surface area contributed by atoms with Crippen LogP contribution in [-0.4, -0.2) is 35.1 Å². The van der Waals surface area contributed by atoms with Crippen molar-refractivity contribution in [2.24, 2.45) is 0 Å². The molecule has 0 spiro atoms. The molecule has 1 fully saturated rings. The van der Waals surface area contributed by atoms with Gasteiger partial charge in [-0.05, 0) is 25.0 Å². The summed E-state index contributed by atoms with van der Waals surface area (Å²) in [5, 5.41) is 3.95. The molecule has 22 heavy (non-hydrogen) atoms. The number of anilines is 1. The summed E-state index contributed by atoms with van der Waals surface area (Å²) >= 11 is 0. The minimum atomic E-state index is -2.55. The van der Waals surface area contributed by atoms with Crippen molar-refractivity contribution >= 4 is 5.82 Å². The van der Waals surface area contributed by atoms with Crippen molar-refractivity contribution in [3.63, 3.8) is 0 Å². The van der Waals surface area contributed by atoms with Crippen molar-refractivity contribution in [3.8, 4) is 11.4 Å². The quantitative estimate of drug-likeness (QED) is 0.868. The normalized spacial score (nSPS) is 18.4. The van der Waals surface area contributed by atoms with Crippen LogP contribution in [0.25, 0.3) is 11.4 Å². The molecule has 0 atom stereocenters. The van der Waals surface area contributed by atoms with Crippen molar-refractivity contribution in [3.05, 3.63) is 24.2 Å². The summed E-state index contributed by atoms with van der Waals surface area (Å²) in [7, 11) is 3.82. The first-order valence-corrected chi connectivity index (χ1v) is 7.30. The summed E-state index contributed by atoms with van der Waals surface area (Å²) in [4.78, 5) is 10.5. The van der Waals surface area contributed by atoms with Gasteiger partial charge in [0.1, 0.15) is 5.82 Å². The van der Waals surface area contributed by atoms with Gasteiger partial charge in [-0.1, -0.05) is 5.16 Å². The predicted octanol–water partition coefficient (Wildman–Crippen LogP) is 3.49. The third-order valence-electron chi connectivity index (χ3n) is 3.97. The van der Waals surface area contributed by atoms with Gasteiger partial charge < -0.3 is 9.42 Å². The average molecular weight is 308 g/mol. The van der Waals surface area contributed by atoms with Crippen LogP contribution in [0.5, 0.6) is 0 Å². The smallest absolute Gasteiger partial charge is 0.248 e. The summed E-state index contributed by atoms with van der Waals surface area (Å²) in [5.41, 5.74) is 0.752. The lowest BCUT2D eigenvalue weighted by atomic mass is 9.87. The molecule has 1 aliphatic rings. The molecular weight excluding hydrogens is 290 g/mol. The Bertz CT molecular complexity index is 629. The second-order valence-corrected chi connectivity index (χ2v) is 5.89. The molecule has 7 heteroatoms. The number of rotatable bonds is 3. The predicted molar refractivity (Wildman–Crippen MR) is 78.0 cm³/mol. The van der Waals surface area contributed by atoms with Gasteiger partial charge >= 0.3 is 0 Å². The van der Waals surface area contributed by atoms with E-state index in [9.17, 15) is 8.78 Å². The first-order valence-electron chi connectivity index (χ1n) is 7.30. The number of alkyl halides is 2. The van der Waals surface area contributed by atoms with E-state index in [1.165, 1.54) is 0 Å². The third-order valence-corrected chi connectivity index (χ3v) is 3.97. The highest BCUT2D eigenvalue weighted by atomic mass is 19.3. The molecule has 2 heterocycles. The van der Waals surface area contributed by atoms with E-state index in [1.807, 2.05) is 31.1 Å². The second-order valence-electron chi connectivity index (χ2n) is 5.89. The van der Waals surface area contributed by atoms with Gasteiger partial charge in [0.2, 0.25) is 17.6 Å². The summed E-state index contributed by atoms with van der Waals surface area (Å²) in [6.45, 7) is 0. The second kappa shape index (κ2) is 5.62. The van der Waals surface area contributed by atoms with Crippen LogP contribution in [0.1, 0.15) is 37.5 Å². The van der Waals surface area contributed by atoms with Crippen molar-refractivity contribution in [1.82, 2.24) is 15.1 Å². The molecule has 2 aromatic rings. The molecule has 0 aromatic carbocycles. The largest absolute Gasteiger partial charge is 0.363 e. The molecule has 0 amide bonds. The standard InChI is InChI=1S/C15H18F2N4O/c1-21(2)12-4-3-11(9-18-12)13-19-14(22-20-13)10-5-7-15(16,17)8-6-10/h3-4,9-10H,5-8H2,1-2H3. The monoisotopic (exact) mass is 308 g/mol. The maximum Gasteiger partial charge on any atom is 0.248 e. The number of pyridine rings is 1. The Kier molecular flexibility index (Phi) is 3.80. The van der Waals surface area contributed by atoms with Gasteiger partial charge in [-0.3, -0.25) is 0 Å². The lowest BCUT2D eigenvalue weighted by Crippen LogP contribution is -2.23. The zero-order valence-electron chi connectivity index (χ0n) is 12.6. The highest BCUT2D eigenvalue weighted by molar-refractivity contribution is 5.55. The molecule has 1 saturated carbocycles. The summed E-state index contributed by atoms with van der Waals surface area (Å²) in [6.07, 6.45) is 2.21. The van der Waals surface area contributed by atoms with Crippen LogP contribution in [-0.2, 0) is 0 Å². The van der Waals surface area contributed by atoms with Crippen LogP contribution in [0.15, 0.2) is 22.9 Å². The van der Waals surface area contributed by atoms with Crippen LogP contribution in [0.4, 0.5) is 14.6 Å². The molecule has 0 aliphatic heterocycles. The molecule has 118 valence electrons. The van der Waals surface area contributed by atoms with Crippen LogP contribution in [0, 0.1) is 0 Å². The fraction of sp³-hybridized carbons (Fsp3) is 0.533. The molecule has 3 rings (SSSR count). The fourth-order valence-electron chi connectivity index (χ4n) is 2.59. The minimum absolute atomic E-state index is 0.0742. The van der Waals surface area contributed by atoms with Gasteiger partial charge in [0.05, 0.1) is 0 Å². The van der Waals surface area contributed by atoms with Gasteiger partial charge in [0, 0.05) is 44.6 Å². The van der Waals surface area contributed by atoms with Gasteiger partial charge in [-0.2, -0.15) is 4.98 Å². The molecular formula is C15H18F2N4O. The minimum Gasteiger partial charge on any atom is -0.363 e. The van der Waals surface area contributed by atoms with Crippen molar-refractivity contribution in [1.29, 1.82) is 0 Å². The first-order chi connectivity index (χ1) is 10.4. The van der Waals surface area contributed by atoms with E-state index in [2.05, 4.69) is 15.1 Å². The molecule has 0 N–H and O–H groups in total. The van der Waals surface area contributed by atoms with E-state index in [-0.39, 0.29) is 18.8 Å². The SMILES string of the molecule is CN(C)c1ccc(-c2noc(C3CCC(F)(F)CC3)n2)cn1. The molecule has 0 unspecified atom stereocenters. The maximum absolute atomic E-state index is 13.2. The molecule has 2 aromatic heterocycles. The fourth-order valence-corrected chi connectivity index (χ4v) is 2.59. The van der Waals surface area contributed by atoms with Gasteiger partial charge in [0.25, 0.3) is 0 Å². The Morgan fingerprint density at radius 2 is 1.95 bits per heavy atom. The Labute approximate surface area is 127 Å². The van der Waals surface area contributed by atoms with Crippen LogP contribution in [0.3, 0.4) is 0 Å². The Hall–Kier alpha value is -2.05. The van der Waals surface area contributed by atoms with Crippen molar-refractivity contribution < 1.29 is 13.3 Å². The number of hydrogen-bond donors (Lipinski definition) is 0. The zero-order chi connectivity index (χ0) is 15.7. The van der Waals surface area contributed by atoms with Gasteiger partial charge in [-0.25, -0.2) is 13.8 Å². The zero-order valence-corrected chi connectivity index (χ0v) is 12.6. The Morgan fingerprint density at radius 3 is 2.55 bits per heavy atom. The van der Waals surface area contributed by atoms with Gasteiger partial charge in [0.15, 0.2) is 0 Å². The van der Waals surface area contributed by atoms with E-state index in [1.54, 1.807) is 6.20 Å². The lowest BCUT2D eigenvalue weighted by Gasteiger charge is -2.25. The van der Waals surface area contributed by atoms with E-state index >= 15 is 0 Å². The van der Waals surface area contributed by atoms with Gasteiger partial charge in [-0.15, -0.1) is 0 Å². The van der Waals surface area contributed by atoms with Crippen molar-refractivity contribution in [2.75, 3.05) is 19.0 Å². The van der Waals surface area contributed by atoms with Crippen LogP contribution in [0.2, 0.25) is 0 Å². The highest BCUT2D eigenvalue weighted by Gasteiger charge is 2.37. The molecule has 0 radical (unpaired) electrons. The number of halogens is 2. The lowest BCUT2D eigenvalue weighted by molar-refractivity contribution is -0.0402. The summed E-state index contributed by atoms with van der Waals surface area (Å²) in [5.74, 6) is -0.894. The van der Waals surface area contributed by atoms with E-state index < -0.39 is 5.92 Å². The number of hydrogen-bond acceptors (Lipinski definition) is 5. The van der Waals surface area contributed by atoms with Crippen molar-refractivity contribution in [2.45, 2.75) is 37.5 Å². The summed E-state index contributed by atoms with van der Waals surface area (Å²) < 4.78 is 31.6. The highest BCUT2D eigenvalue weighted by Crippen LogP contribution is 2.40. The number of aromatic nitrogens is 3. The molecule has 0 bridgehead atoms. The molecule has 1 aliphatic carbocycles. The Balaban J connectivity index is 1.73. The maximum atomic E-state index is 13.2. The average Bonchev–Trinajstić information content (AvgIpc) is 2.97. The summed E-state index contributed by atoms with van der Waals surface area (Å²) in [6, 6.07) is 3.73. The van der Waals surface area contributed by atoms with E-state index in [0.29, 0.717) is 24.6 Å². The van der Waals surface area contributed by atoms with Crippen LogP contribution < -0.4 is 4.90 Å².